The lowest BCUT2D eigenvalue weighted by atomic mass is 9.99. The minimum atomic E-state index is 0.612. The molecule has 0 unspecified atom stereocenters. The van der Waals surface area contributed by atoms with Gasteiger partial charge in [0.15, 0.2) is 0 Å². The van der Waals surface area contributed by atoms with Crippen molar-refractivity contribution < 1.29 is 4.74 Å². The van der Waals surface area contributed by atoms with Crippen molar-refractivity contribution in [1.29, 1.82) is 0 Å². The molecule has 0 atom stereocenters. The molecule has 0 radical (unpaired) electrons. The van der Waals surface area contributed by atoms with Crippen LogP contribution >= 0.6 is 0 Å². The first kappa shape index (κ1) is 19.9. The molecule has 0 aliphatic carbocycles. The molecule has 0 saturated carbocycles. The number of anilines is 4. The Kier molecular flexibility index (Phi) is 6.79. The maximum absolute atomic E-state index is 5.39. The zero-order chi connectivity index (χ0) is 19.9. The summed E-state index contributed by atoms with van der Waals surface area (Å²) in [6.07, 6.45) is 4.34. The van der Waals surface area contributed by atoms with E-state index in [0.717, 1.165) is 69.9 Å². The summed E-state index contributed by atoms with van der Waals surface area (Å²) in [6.45, 7) is 10.2. The van der Waals surface area contributed by atoms with Crippen molar-refractivity contribution in [2.75, 3.05) is 68.0 Å². The highest BCUT2D eigenvalue weighted by Gasteiger charge is 2.16. The number of hydrogen-bond donors (Lipinski definition) is 2. The van der Waals surface area contributed by atoms with Crippen LogP contribution in [0.2, 0.25) is 0 Å². The van der Waals surface area contributed by atoms with Gasteiger partial charge in [-0.25, -0.2) is 4.98 Å². The Bertz CT molecular complexity index is 754. The standard InChI is InChI=1S/C22H32N6O/c1-18-7-11-28(12-8-18)20-4-2-19(3-5-20)25-22-24-9-6-21(26-22)23-10-13-27-14-16-29-17-15-27/h2-6,9,18H,7-8,10-17H2,1H3,(H2,23,24,25,26). The molecule has 4 rings (SSSR count). The highest BCUT2D eigenvalue weighted by Crippen LogP contribution is 2.25. The number of aromatic nitrogens is 2. The van der Waals surface area contributed by atoms with E-state index in [1.165, 1.54) is 18.5 Å². The van der Waals surface area contributed by atoms with E-state index < -0.39 is 0 Å². The quantitative estimate of drug-likeness (QED) is 0.745. The average molecular weight is 397 g/mol. The highest BCUT2D eigenvalue weighted by molar-refractivity contribution is 5.60. The Morgan fingerprint density at radius 2 is 1.79 bits per heavy atom. The van der Waals surface area contributed by atoms with Gasteiger partial charge in [-0.2, -0.15) is 4.98 Å². The maximum atomic E-state index is 5.39. The summed E-state index contributed by atoms with van der Waals surface area (Å²) in [7, 11) is 0. The fourth-order valence-electron chi connectivity index (χ4n) is 3.84. The van der Waals surface area contributed by atoms with Gasteiger partial charge in [-0.1, -0.05) is 6.92 Å². The maximum Gasteiger partial charge on any atom is 0.229 e. The van der Waals surface area contributed by atoms with Crippen LogP contribution in [0.15, 0.2) is 36.5 Å². The van der Waals surface area contributed by atoms with Crippen molar-refractivity contribution in [2.45, 2.75) is 19.8 Å². The first-order valence-corrected chi connectivity index (χ1v) is 10.8. The van der Waals surface area contributed by atoms with Crippen molar-refractivity contribution in [3.8, 4) is 0 Å². The third kappa shape index (κ3) is 5.81. The SMILES string of the molecule is CC1CCN(c2ccc(Nc3nccc(NCCN4CCOCC4)n3)cc2)CC1. The number of rotatable bonds is 7. The molecule has 2 N–H and O–H groups in total. The van der Waals surface area contributed by atoms with Gasteiger partial charge >= 0.3 is 0 Å². The smallest absolute Gasteiger partial charge is 0.229 e. The van der Waals surface area contributed by atoms with Gasteiger partial charge in [-0.05, 0) is 49.1 Å². The number of piperidine rings is 1. The second kappa shape index (κ2) is 9.89. The predicted octanol–water partition coefficient (Wildman–Crippen LogP) is 3.20. The van der Waals surface area contributed by atoms with E-state index in [2.05, 4.69) is 61.6 Å². The number of ether oxygens (including phenoxy) is 1. The van der Waals surface area contributed by atoms with Gasteiger partial charge in [0.2, 0.25) is 5.95 Å². The molecule has 2 aliphatic rings. The number of nitrogens with zero attached hydrogens (tertiary/aromatic N) is 4. The molecule has 156 valence electrons. The summed E-state index contributed by atoms with van der Waals surface area (Å²) in [5.41, 5.74) is 2.30. The second-order valence-electron chi connectivity index (χ2n) is 7.99. The monoisotopic (exact) mass is 396 g/mol. The molecule has 0 spiro atoms. The molecule has 2 saturated heterocycles. The molecular weight excluding hydrogens is 364 g/mol. The number of morpholine rings is 1. The molecule has 2 fully saturated rings. The predicted molar refractivity (Wildman–Crippen MR) is 118 cm³/mol. The van der Waals surface area contributed by atoms with Crippen LogP contribution in [0.25, 0.3) is 0 Å². The van der Waals surface area contributed by atoms with Gasteiger partial charge in [0.25, 0.3) is 0 Å². The van der Waals surface area contributed by atoms with Crippen LogP contribution < -0.4 is 15.5 Å². The van der Waals surface area contributed by atoms with Crippen LogP contribution in [0, 0.1) is 5.92 Å². The van der Waals surface area contributed by atoms with Gasteiger partial charge in [0.1, 0.15) is 5.82 Å². The van der Waals surface area contributed by atoms with Crippen molar-refractivity contribution in [2.24, 2.45) is 5.92 Å². The first-order chi connectivity index (χ1) is 14.3. The summed E-state index contributed by atoms with van der Waals surface area (Å²) < 4.78 is 5.39. The van der Waals surface area contributed by atoms with Crippen molar-refractivity contribution >= 4 is 23.1 Å². The van der Waals surface area contributed by atoms with Gasteiger partial charge in [-0.3, -0.25) is 4.90 Å². The fraction of sp³-hybridized carbons (Fsp3) is 0.545. The largest absolute Gasteiger partial charge is 0.379 e. The molecule has 1 aromatic heterocycles. The summed E-state index contributed by atoms with van der Waals surface area (Å²) in [6, 6.07) is 10.5. The minimum Gasteiger partial charge on any atom is -0.379 e. The molecule has 7 heteroatoms. The molecule has 29 heavy (non-hydrogen) atoms. The molecule has 2 aromatic rings. The van der Waals surface area contributed by atoms with Crippen LogP contribution in [0.5, 0.6) is 0 Å². The van der Waals surface area contributed by atoms with Gasteiger partial charge in [-0.15, -0.1) is 0 Å². The summed E-state index contributed by atoms with van der Waals surface area (Å²) in [5.74, 6) is 2.30. The minimum absolute atomic E-state index is 0.612. The van der Waals surface area contributed by atoms with Crippen molar-refractivity contribution in [3.05, 3.63) is 36.5 Å². The molecule has 7 nitrogen and oxygen atoms in total. The topological polar surface area (TPSA) is 65.5 Å². The lowest BCUT2D eigenvalue weighted by Gasteiger charge is -2.32. The Morgan fingerprint density at radius 1 is 1.03 bits per heavy atom. The normalized spacial score (nSPS) is 18.6. The van der Waals surface area contributed by atoms with E-state index in [1.54, 1.807) is 6.20 Å². The molecule has 3 heterocycles. The van der Waals surface area contributed by atoms with Crippen LogP contribution in [-0.4, -0.2) is 67.4 Å². The summed E-state index contributed by atoms with van der Waals surface area (Å²) in [5, 5.41) is 6.71. The van der Waals surface area contributed by atoms with Crippen molar-refractivity contribution in [3.63, 3.8) is 0 Å². The Balaban J connectivity index is 1.28. The molecule has 2 aliphatic heterocycles. The zero-order valence-electron chi connectivity index (χ0n) is 17.3. The van der Waals surface area contributed by atoms with E-state index >= 15 is 0 Å². The molecule has 0 bridgehead atoms. The van der Waals surface area contributed by atoms with E-state index in [0.29, 0.717) is 5.95 Å². The van der Waals surface area contributed by atoms with Gasteiger partial charge in [0, 0.05) is 56.8 Å². The molecule has 0 amide bonds. The second-order valence-corrected chi connectivity index (χ2v) is 7.99. The lowest BCUT2D eigenvalue weighted by Crippen LogP contribution is -2.39. The highest BCUT2D eigenvalue weighted by atomic mass is 16.5. The van der Waals surface area contributed by atoms with E-state index in [-0.39, 0.29) is 0 Å². The third-order valence-electron chi connectivity index (χ3n) is 5.77. The van der Waals surface area contributed by atoms with Crippen LogP contribution in [-0.2, 0) is 4.74 Å². The van der Waals surface area contributed by atoms with E-state index in [4.69, 9.17) is 4.74 Å². The third-order valence-corrected chi connectivity index (χ3v) is 5.77. The van der Waals surface area contributed by atoms with Crippen molar-refractivity contribution in [1.82, 2.24) is 14.9 Å². The zero-order valence-corrected chi connectivity index (χ0v) is 17.3. The molecule has 1 aromatic carbocycles. The van der Waals surface area contributed by atoms with Crippen LogP contribution in [0.1, 0.15) is 19.8 Å². The fourth-order valence-corrected chi connectivity index (χ4v) is 3.84. The summed E-state index contributed by atoms with van der Waals surface area (Å²) >= 11 is 0. The van der Waals surface area contributed by atoms with Crippen LogP contribution in [0.3, 0.4) is 0 Å². The average Bonchev–Trinajstić information content (AvgIpc) is 2.76. The van der Waals surface area contributed by atoms with Gasteiger partial charge in [0.05, 0.1) is 13.2 Å². The van der Waals surface area contributed by atoms with E-state index in [1.807, 2.05) is 6.07 Å². The lowest BCUT2D eigenvalue weighted by molar-refractivity contribution is 0.0398. The van der Waals surface area contributed by atoms with E-state index in [9.17, 15) is 0 Å². The summed E-state index contributed by atoms with van der Waals surface area (Å²) in [4.78, 5) is 13.8. The number of hydrogen-bond acceptors (Lipinski definition) is 7. The first-order valence-electron chi connectivity index (χ1n) is 10.8. The molecular formula is C22H32N6O. The Labute approximate surface area is 173 Å². The Morgan fingerprint density at radius 3 is 2.55 bits per heavy atom. The Hall–Kier alpha value is -2.38. The number of nitrogens with one attached hydrogen (secondary N) is 2. The van der Waals surface area contributed by atoms with Crippen LogP contribution in [0.4, 0.5) is 23.1 Å². The van der Waals surface area contributed by atoms with Gasteiger partial charge < -0.3 is 20.3 Å². The number of benzene rings is 1.